The fourth-order valence-corrected chi connectivity index (χ4v) is 6.41. The fourth-order valence-electron chi connectivity index (χ4n) is 5.10. The van der Waals surface area contributed by atoms with Crippen molar-refractivity contribution in [2.45, 2.75) is 74.1 Å². The maximum Gasteiger partial charge on any atom is 0.295 e. The smallest absolute Gasteiger partial charge is 0.295 e. The summed E-state index contributed by atoms with van der Waals surface area (Å²) in [6.45, 7) is 2.37. The highest BCUT2D eigenvalue weighted by Crippen LogP contribution is 2.45. The molecule has 3 fully saturated rings. The van der Waals surface area contributed by atoms with Crippen molar-refractivity contribution in [2.24, 2.45) is 5.92 Å². The molecule has 40 heavy (non-hydrogen) atoms. The van der Waals surface area contributed by atoms with Crippen LogP contribution in [0.2, 0.25) is 0 Å². The monoisotopic (exact) mass is 558 g/mol. The molecule has 1 N–H and O–H groups in total. The van der Waals surface area contributed by atoms with E-state index in [-0.39, 0.29) is 22.7 Å². The molecule has 11 nitrogen and oxygen atoms in total. The van der Waals surface area contributed by atoms with Gasteiger partial charge in [-0.05, 0) is 61.8 Å². The van der Waals surface area contributed by atoms with Gasteiger partial charge in [0.25, 0.3) is 5.56 Å². The van der Waals surface area contributed by atoms with E-state index in [9.17, 15) is 9.35 Å². The molecular weight excluding hydrogens is 528 g/mol. The van der Waals surface area contributed by atoms with Crippen molar-refractivity contribution in [2.75, 3.05) is 12.4 Å². The molecular formula is C28H30N8O3S. The van der Waals surface area contributed by atoms with Crippen LogP contribution in [0, 0.1) is 5.92 Å². The molecule has 4 heterocycles. The average molecular weight is 559 g/mol. The minimum absolute atomic E-state index is 0.0482. The van der Waals surface area contributed by atoms with Crippen LogP contribution in [0.3, 0.4) is 0 Å². The molecule has 2 atom stereocenters. The molecule has 0 saturated heterocycles. The Morgan fingerprint density at radius 2 is 1.90 bits per heavy atom. The zero-order valence-corrected chi connectivity index (χ0v) is 23.2. The fraction of sp³-hybridized carbons (Fsp3) is 0.464. The van der Waals surface area contributed by atoms with E-state index in [1.165, 1.54) is 6.33 Å². The normalized spacial score (nSPS) is 18.5. The Morgan fingerprint density at radius 1 is 1.07 bits per heavy atom. The quantitative estimate of drug-likeness (QED) is 0.286. The molecule has 206 valence electrons. The van der Waals surface area contributed by atoms with Gasteiger partial charge in [-0.25, -0.2) is 24.9 Å². The van der Waals surface area contributed by atoms with E-state index in [0.717, 1.165) is 54.8 Å². The Morgan fingerprint density at radius 3 is 2.58 bits per heavy atom. The van der Waals surface area contributed by atoms with Crippen LogP contribution in [-0.4, -0.2) is 51.4 Å². The number of nitrogens with zero attached hydrogens (tertiary/aromatic N) is 7. The number of fused-ring (bicyclic) bond motifs is 1. The summed E-state index contributed by atoms with van der Waals surface area (Å²) in [6.07, 6.45) is 11.1. The summed E-state index contributed by atoms with van der Waals surface area (Å²) >= 11 is -0.996. The van der Waals surface area contributed by atoms with Crippen molar-refractivity contribution in [1.82, 2.24) is 34.5 Å². The number of ether oxygens (including phenoxy) is 1. The third-order valence-corrected chi connectivity index (χ3v) is 9.64. The molecule has 4 aromatic heterocycles. The van der Waals surface area contributed by atoms with Crippen LogP contribution in [-0.2, 0) is 17.7 Å². The van der Waals surface area contributed by atoms with Crippen LogP contribution in [0.25, 0.3) is 22.6 Å². The lowest BCUT2D eigenvalue weighted by atomic mass is 10.1. The lowest BCUT2D eigenvalue weighted by Gasteiger charge is -2.19. The molecule has 0 radical (unpaired) electrons. The predicted octanol–water partition coefficient (Wildman–Crippen LogP) is 3.78. The largest absolute Gasteiger partial charge is 0.611 e. The molecule has 0 bridgehead atoms. The topological polar surface area (TPSA) is 144 Å². The summed E-state index contributed by atoms with van der Waals surface area (Å²) in [5, 5.41) is 3.44. The molecule has 4 aromatic rings. The summed E-state index contributed by atoms with van der Waals surface area (Å²) in [7, 11) is 1.57. The van der Waals surface area contributed by atoms with Crippen LogP contribution in [0.4, 0.5) is 5.82 Å². The predicted molar refractivity (Wildman–Crippen MR) is 150 cm³/mol. The Kier molecular flexibility index (Phi) is 6.38. The van der Waals surface area contributed by atoms with Gasteiger partial charge in [-0.2, -0.15) is 0 Å². The van der Waals surface area contributed by atoms with Gasteiger partial charge in [-0.15, -0.1) is 0 Å². The van der Waals surface area contributed by atoms with E-state index >= 15 is 0 Å². The molecule has 0 aliphatic heterocycles. The second kappa shape index (κ2) is 10.1. The second-order valence-electron chi connectivity index (χ2n) is 10.9. The molecule has 12 heteroatoms. The first-order valence-corrected chi connectivity index (χ1v) is 15.0. The van der Waals surface area contributed by atoms with Crippen LogP contribution < -0.4 is 15.6 Å². The van der Waals surface area contributed by atoms with Crippen molar-refractivity contribution < 1.29 is 9.29 Å². The van der Waals surface area contributed by atoms with Crippen LogP contribution in [0.1, 0.15) is 68.8 Å². The minimum Gasteiger partial charge on any atom is -0.611 e. The third kappa shape index (κ3) is 4.79. The first kappa shape index (κ1) is 25.3. The number of rotatable bonds is 10. The van der Waals surface area contributed by atoms with Gasteiger partial charge in [0.2, 0.25) is 5.88 Å². The third-order valence-electron chi connectivity index (χ3n) is 7.86. The maximum absolute atomic E-state index is 13.8. The zero-order chi connectivity index (χ0) is 27.4. The summed E-state index contributed by atoms with van der Waals surface area (Å²) in [6, 6.07) is 3.65. The van der Waals surface area contributed by atoms with E-state index in [4.69, 9.17) is 9.72 Å². The van der Waals surface area contributed by atoms with E-state index in [1.54, 1.807) is 24.1 Å². The maximum atomic E-state index is 13.8. The van der Waals surface area contributed by atoms with Crippen LogP contribution in [0.15, 0.2) is 40.5 Å². The molecule has 1 unspecified atom stereocenters. The van der Waals surface area contributed by atoms with E-state index in [2.05, 4.69) is 37.2 Å². The number of hydrogen-bond acceptors (Lipinski definition) is 10. The van der Waals surface area contributed by atoms with Gasteiger partial charge in [0.1, 0.15) is 22.7 Å². The highest BCUT2D eigenvalue weighted by atomic mass is 32.2. The number of methoxy groups -OCH3 is 1. The Hall–Kier alpha value is -3.64. The molecule has 0 spiro atoms. The average Bonchev–Trinajstić information content (AvgIpc) is 3.84. The van der Waals surface area contributed by atoms with E-state index < -0.39 is 11.2 Å². The molecule has 7 rings (SSSR count). The van der Waals surface area contributed by atoms with Crippen molar-refractivity contribution in [3.8, 4) is 17.3 Å². The second-order valence-corrected chi connectivity index (χ2v) is 12.6. The number of pyridine rings is 1. The number of hydrogen-bond donors (Lipinski definition) is 1. The first-order valence-electron chi connectivity index (χ1n) is 13.8. The number of nitrogens with one attached hydrogen (secondary N) is 1. The Bertz CT molecular complexity index is 1630. The van der Waals surface area contributed by atoms with E-state index in [1.807, 2.05) is 12.1 Å². The highest BCUT2D eigenvalue weighted by molar-refractivity contribution is 7.92. The summed E-state index contributed by atoms with van der Waals surface area (Å²) in [5.41, 5.74) is 3.05. The molecule has 0 aromatic carbocycles. The highest BCUT2D eigenvalue weighted by Gasteiger charge is 2.36. The summed E-state index contributed by atoms with van der Waals surface area (Å²) in [5.74, 6) is 1.82. The van der Waals surface area contributed by atoms with Crippen LogP contribution in [0.5, 0.6) is 5.88 Å². The number of aromatic nitrogens is 7. The lowest BCUT2D eigenvalue weighted by molar-refractivity contribution is 0.397. The SMILES string of the molecule is COc1ncnc(C2CC2)c1-c1ncc2nc(NCc3ccc([S+]([O-])C4CC4)cn3)c(=O)n([C@@H](C)C3CC3)c2n1. The standard InChI is InChI=1S/C28H30N8O3S/c1-15(16-3-4-16)36-26-21(13-31-24(35-26)22-23(17-5-6-17)32-14-33-27(22)39-2)34-25(28(36)37)30-11-18-7-8-20(12-29-18)40(38)19-9-10-19/h7-8,12-17,19H,3-6,9-11H2,1-2H3,(H,30,34)/t15-,40?/m0/s1. The first-order chi connectivity index (χ1) is 19.5. The summed E-state index contributed by atoms with van der Waals surface area (Å²) in [4.78, 5) is 42.0. The van der Waals surface area contributed by atoms with Gasteiger partial charge in [0.15, 0.2) is 22.2 Å². The van der Waals surface area contributed by atoms with Gasteiger partial charge >= 0.3 is 0 Å². The molecule has 3 aliphatic carbocycles. The lowest BCUT2D eigenvalue weighted by Crippen LogP contribution is -2.29. The minimum atomic E-state index is -0.996. The molecule has 0 amide bonds. The van der Waals surface area contributed by atoms with E-state index in [0.29, 0.717) is 46.8 Å². The number of anilines is 1. The Balaban J connectivity index is 1.25. The van der Waals surface area contributed by atoms with Gasteiger partial charge < -0.3 is 14.6 Å². The molecule has 3 aliphatic rings. The van der Waals surface area contributed by atoms with Crippen molar-refractivity contribution >= 4 is 28.2 Å². The van der Waals surface area contributed by atoms with Gasteiger partial charge in [-0.3, -0.25) is 14.3 Å². The van der Waals surface area contributed by atoms with Crippen LogP contribution >= 0.6 is 0 Å². The molecule has 3 saturated carbocycles. The van der Waals surface area contributed by atoms with Gasteiger partial charge in [-0.1, -0.05) is 0 Å². The van der Waals surface area contributed by atoms with Gasteiger partial charge in [0.05, 0.1) is 37.4 Å². The van der Waals surface area contributed by atoms with Crippen molar-refractivity contribution in [3.05, 3.63) is 52.6 Å². The zero-order valence-electron chi connectivity index (χ0n) is 22.4. The van der Waals surface area contributed by atoms with Crippen molar-refractivity contribution in [1.29, 1.82) is 0 Å². The van der Waals surface area contributed by atoms with Crippen molar-refractivity contribution in [3.63, 3.8) is 0 Å². The summed E-state index contributed by atoms with van der Waals surface area (Å²) < 4.78 is 19.7. The van der Waals surface area contributed by atoms with Gasteiger partial charge in [0, 0.05) is 24.8 Å². The Labute approximate surface area is 234 Å².